The van der Waals surface area contributed by atoms with Crippen LogP contribution in [0.15, 0.2) is 0 Å². The maximum absolute atomic E-state index is 8.42. The molecule has 4 nitrogen and oxygen atoms in total. The van der Waals surface area contributed by atoms with Gasteiger partial charge in [0, 0.05) is 6.04 Å². The Balaban J connectivity index is 3.37. The van der Waals surface area contributed by atoms with Gasteiger partial charge in [-0.15, -0.1) is 0 Å². The van der Waals surface area contributed by atoms with Crippen LogP contribution in [-0.4, -0.2) is 23.9 Å². The van der Waals surface area contributed by atoms with Crippen LogP contribution < -0.4 is 11.5 Å². The molecule has 2 atom stereocenters. The summed E-state index contributed by atoms with van der Waals surface area (Å²) in [6.45, 7) is 4.76. The minimum Gasteiger partial charge on any atom is -0.395 e. The highest BCUT2D eigenvalue weighted by Gasteiger charge is 2.13. The van der Waals surface area contributed by atoms with E-state index in [1.54, 1.807) is 0 Å². The molecule has 9 heavy (non-hydrogen) atoms. The molecular formula is C5H12N3O+. The van der Waals surface area contributed by atoms with Crippen molar-refractivity contribution in [2.45, 2.75) is 18.6 Å². The zero-order valence-electron chi connectivity index (χ0n) is 5.20. The van der Waals surface area contributed by atoms with Gasteiger partial charge in [-0.1, -0.05) is 4.85 Å². The van der Waals surface area contributed by atoms with E-state index in [2.05, 4.69) is 4.85 Å². The van der Waals surface area contributed by atoms with Gasteiger partial charge in [0.05, 0.1) is 13.0 Å². The van der Waals surface area contributed by atoms with E-state index in [1.807, 2.05) is 0 Å². The van der Waals surface area contributed by atoms with Crippen molar-refractivity contribution in [2.75, 3.05) is 6.61 Å². The van der Waals surface area contributed by atoms with Crippen LogP contribution in [0.25, 0.3) is 4.85 Å². The predicted octanol–water partition coefficient (Wildman–Crippen LogP) is -1.06. The predicted molar refractivity (Wildman–Crippen MR) is 36.0 cm³/mol. The summed E-state index contributed by atoms with van der Waals surface area (Å²) in [7, 11) is 0. The molecule has 0 amide bonds. The first-order valence-corrected chi connectivity index (χ1v) is 2.72. The van der Waals surface area contributed by atoms with E-state index in [1.165, 1.54) is 0 Å². The van der Waals surface area contributed by atoms with Crippen LogP contribution in [-0.2, 0) is 0 Å². The van der Waals surface area contributed by atoms with Crippen molar-refractivity contribution < 1.29 is 5.11 Å². The summed E-state index contributed by atoms with van der Waals surface area (Å²) >= 11 is 0. The maximum Gasteiger partial charge on any atom is 0.325 e. The zero-order chi connectivity index (χ0) is 7.28. The van der Waals surface area contributed by atoms with E-state index in [0.29, 0.717) is 6.42 Å². The maximum atomic E-state index is 8.42. The number of hydrogen-bond donors (Lipinski definition) is 3. The lowest BCUT2D eigenvalue weighted by atomic mass is 10.2. The average molecular weight is 130 g/mol. The second kappa shape index (κ2) is 4.27. The highest BCUT2D eigenvalue weighted by Crippen LogP contribution is 1.92. The monoisotopic (exact) mass is 130 g/mol. The van der Waals surface area contributed by atoms with Crippen molar-refractivity contribution in [3.05, 3.63) is 4.85 Å². The van der Waals surface area contributed by atoms with Gasteiger partial charge in [-0.3, -0.25) is 5.73 Å². The molecule has 0 rings (SSSR count). The van der Waals surface area contributed by atoms with Crippen LogP contribution in [0.4, 0.5) is 0 Å². The third-order valence-electron chi connectivity index (χ3n) is 0.970. The molecule has 0 fully saturated rings. The van der Waals surface area contributed by atoms with Gasteiger partial charge in [-0.05, 0) is 0 Å². The minimum atomic E-state index is -0.452. The quantitative estimate of drug-likeness (QED) is 0.456. The third-order valence-corrected chi connectivity index (χ3v) is 0.970. The summed E-state index contributed by atoms with van der Waals surface area (Å²) in [5, 5.41) is 8.42. The number of nitrogens with zero attached hydrogens (tertiary/aromatic N) is 1. The summed E-state index contributed by atoms with van der Waals surface area (Å²) in [6, 6.07) is -0.313. The zero-order valence-corrected chi connectivity index (χ0v) is 5.20. The van der Waals surface area contributed by atoms with E-state index in [0.717, 1.165) is 0 Å². The fourth-order valence-corrected chi connectivity index (χ4v) is 0.446. The molecule has 4 heteroatoms. The van der Waals surface area contributed by atoms with E-state index in [-0.39, 0.29) is 12.6 Å². The molecule has 0 radical (unpaired) electrons. The number of aliphatic hydroxyl groups excluding tert-OH is 1. The first kappa shape index (κ1) is 8.37. The fraction of sp³-hybridized carbons (Fsp3) is 0.800. The van der Waals surface area contributed by atoms with Crippen molar-refractivity contribution in [2.24, 2.45) is 11.5 Å². The highest BCUT2D eigenvalue weighted by atomic mass is 16.3. The number of aliphatic hydroxyl groups is 1. The van der Waals surface area contributed by atoms with Crippen LogP contribution in [0.5, 0.6) is 0 Å². The second-order valence-corrected chi connectivity index (χ2v) is 1.89. The Morgan fingerprint density at radius 1 is 1.56 bits per heavy atom. The fourth-order valence-electron chi connectivity index (χ4n) is 0.446. The molecule has 2 unspecified atom stereocenters. The molecular weight excluding hydrogens is 118 g/mol. The molecule has 0 aliphatic heterocycles. The number of rotatable bonds is 3. The number of nitrogens with two attached hydrogens (primary N) is 2. The van der Waals surface area contributed by atoms with Crippen molar-refractivity contribution in [1.29, 1.82) is 0 Å². The Hall–Kier alpha value is -0.630. The molecule has 0 aromatic heterocycles. The van der Waals surface area contributed by atoms with E-state index < -0.39 is 6.17 Å². The molecule has 0 heterocycles. The molecule has 0 aromatic carbocycles. The molecule has 0 saturated heterocycles. The Bertz CT molecular complexity index is 109. The smallest absolute Gasteiger partial charge is 0.325 e. The summed E-state index contributed by atoms with van der Waals surface area (Å²) in [5.74, 6) is 0. The topological polar surface area (TPSA) is 76.6 Å². The Labute approximate surface area is 54.3 Å². The van der Waals surface area contributed by atoms with E-state index in [9.17, 15) is 0 Å². The van der Waals surface area contributed by atoms with Crippen LogP contribution in [0, 0.1) is 6.57 Å². The standard InChI is InChI=1S/C5H12N3O/c1-8-5(7)2-4(6)3-9/h1,4-5,9H,2-3,6-7H2/q+1. The summed E-state index contributed by atoms with van der Waals surface area (Å²) in [6.07, 6.45) is -0.0281. The lowest BCUT2D eigenvalue weighted by molar-refractivity contribution is 0.257. The van der Waals surface area contributed by atoms with Crippen molar-refractivity contribution >= 4 is 0 Å². The normalized spacial score (nSPS) is 16.2. The van der Waals surface area contributed by atoms with Gasteiger partial charge in [0.1, 0.15) is 0 Å². The molecule has 5 N–H and O–H groups in total. The molecule has 0 aliphatic carbocycles. The molecule has 0 bridgehead atoms. The molecule has 0 spiro atoms. The largest absolute Gasteiger partial charge is 0.395 e. The average Bonchev–Trinajstić information content (AvgIpc) is 1.87. The van der Waals surface area contributed by atoms with E-state index in [4.69, 9.17) is 23.1 Å². The van der Waals surface area contributed by atoms with Crippen LogP contribution in [0.2, 0.25) is 0 Å². The molecule has 0 aromatic rings. The van der Waals surface area contributed by atoms with Gasteiger partial charge in [0.2, 0.25) is 0 Å². The summed E-state index contributed by atoms with van der Waals surface area (Å²) in [4.78, 5) is 3.26. The second-order valence-electron chi connectivity index (χ2n) is 1.89. The van der Waals surface area contributed by atoms with Crippen molar-refractivity contribution in [3.63, 3.8) is 0 Å². The van der Waals surface area contributed by atoms with Gasteiger partial charge < -0.3 is 10.8 Å². The summed E-state index contributed by atoms with van der Waals surface area (Å²) in [5.41, 5.74) is 10.6. The number of hydrogen-bond acceptors (Lipinski definition) is 3. The molecule has 0 aliphatic rings. The van der Waals surface area contributed by atoms with Crippen molar-refractivity contribution in [1.82, 2.24) is 0 Å². The van der Waals surface area contributed by atoms with E-state index >= 15 is 0 Å². The Kier molecular flexibility index (Phi) is 3.97. The Morgan fingerprint density at radius 3 is 2.44 bits per heavy atom. The highest BCUT2D eigenvalue weighted by molar-refractivity contribution is 4.79. The third kappa shape index (κ3) is 3.91. The van der Waals surface area contributed by atoms with Crippen LogP contribution >= 0.6 is 0 Å². The van der Waals surface area contributed by atoms with Crippen LogP contribution in [0.1, 0.15) is 6.42 Å². The van der Waals surface area contributed by atoms with Gasteiger partial charge in [0.15, 0.2) is 0 Å². The van der Waals surface area contributed by atoms with Gasteiger partial charge in [-0.25, -0.2) is 0 Å². The first-order valence-electron chi connectivity index (χ1n) is 2.72. The lowest BCUT2D eigenvalue weighted by Crippen LogP contribution is -2.31. The Morgan fingerprint density at radius 2 is 2.11 bits per heavy atom. The van der Waals surface area contributed by atoms with Crippen molar-refractivity contribution in [3.8, 4) is 6.57 Å². The molecule has 0 saturated carbocycles. The van der Waals surface area contributed by atoms with Crippen LogP contribution in [0.3, 0.4) is 0 Å². The SMILES string of the molecule is C#[N+]C(N)CC(N)CO. The van der Waals surface area contributed by atoms with Gasteiger partial charge >= 0.3 is 6.17 Å². The first-order chi connectivity index (χ1) is 4.20. The molecule has 52 valence electrons. The lowest BCUT2D eigenvalue weighted by Gasteiger charge is -2.02. The van der Waals surface area contributed by atoms with Gasteiger partial charge in [0.25, 0.3) is 6.57 Å². The van der Waals surface area contributed by atoms with Gasteiger partial charge in [-0.2, -0.15) is 0 Å². The minimum absolute atomic E-state index is 0.0801. The summed E-state index contributed by atoms with van der Waals surface area (Å²) < 4.78 is 0.